The Morgan fingerprint density at radius 3 is 2.75 bits per heavy atom. The van der Waals surface area contributed by atoms with Crippen LogP contribution in [0.5, 0.6) is 0 Å². The highest BCUT2D eigenvalue weighted by Crippen LogP contribution is 2.22. The first-order valence-corrected chi connectivity index (χ1v) is 7.26. The van der Waals surface area contributed by atoms with Crippen LogP contribution in [0.4, 0.5) is 0 Å². The van der Waals surface area contributed by atoms with E-state index >= 15 is 0 Å². The third kappa shape index (κ3) is 4.42. The van der Waals surface area contributed by atoms with Gasteiger partial charge in [-0.2, -0.15) is 0 Å². The molecule has 0 aromatic rings. The molecule has 0 radical (unpaired) electrons. The fourth-order valence-electron chi connectivity index (χ4n) is 2.85. The molecule has 1 rings (SSSR count). The zero-order valence-corrected chi connectivity index (χ0v) is 11.5. The molecule has 0 bridgehead atoms. The first-order chi connectivity index (χ1) is 7.79. The molecule has 1 saturated heterocycles. The maximum atomic E-state index is 3.55. The van der Waals surface area contributed by atoms with Gasteiger partial charge < -0.3 is 5.32 Å². The van der Waals surface area contributed by atoms with Crippen LogP contribution < -0.4 is 5.32 Å². The molecule has 1 aliphatic heterocycles. The number of hydrogen-bond acceptors (Lipinski definition) is 2. The second-order valence-electron chi connectivity index (χ2n) is 5.23. The van der Waals surface area contributed by atoms with Gasteiger partial charge in [0.05, 0.1) is 0 Å². The molecule has 0 aliphatic carbocycles. The molecule has 0 spiro atoms. The Morgan fingerprint density at radius 1 is 1.25 bits per heavy atom. The van der Waals surface area contributed by atoms with E-state index in [4.69, 9.17) is 0 Å². The monoisotopic (exact) mass is 226 g/mol. The summed E-state index contributed by atoms with van der Waals surface area (Å²) in [6.45, 7) is 10.6. The number of rotatable bonds is 7. The van der Waals surface area contributed by atoms with Gasteiger partial charge >= 0.3 is 0 Å². The van der Waals surface area contributed by atoms with E-state index in [0.29, 0.717) is 6.04 Å². The summed E-state index contributed by atoms with van der Waals surface area (Å²) < 4.78 is 0. The van der Waals surface area contributed by atoms with Crippen LogP contribution in [-0.2, 0) is 0 Å². The first kappa shape index (κ1) is 14.0. The molecule has 1 aliphatic rings. The minimum absolute atomic E-state index is 0.711. The Hall–Kier alpha value is -0.0800. The standard InChI is InChI=1S/C14H30N2/c1-4-8-14-9-6-7-11-16(14)13(3)12-15-10-5-2/h13-15H,4-12H2,1-3H3. The summed E-state index contributed by atoms with van der Waals surface area (Å²) in [6, 6.07) is 1.57. The van der Waals surface area contributed by atoms with Gasteiger partial charge in [-0.15, -0.1) is 0 Å². The minimum atomic E-state index is 0.711. The quantitative estimate of drug-likeness (QED) is 0.671. The lowest BCUT2D eigenvalue weighted by molar-refractivity contribution is 0.0957. The second-order valence-corrected chi connectivity index (χ2v) is 5.23. The summed E-state index contributed by atoms with van der Waals surface area (Å²) in [5, 5.41) is 3.55. The lowest BCUT2D eigenvalue weighted by Crippen LogP contribution is -2.48. The second kappa shape index (κ2) is 8.08. The van der Waals surface area contributed by atoms with Crippen molar-refractivity contribution in [3.05, 3.63) is 0 Å². The minimum Gasteiger partial charge on any atom is -0.315 e. The van der Waals surface area contributed by atoms with Gasteiger partial charge in [0.15, 0.2) is 0 Å². The third-order valence-corrected chi connectivity index (χ3v) is 3.73. The van der Waals surface area contributed by atoms with Gasteiger partial charge in [-0.3, -0.25) is 4.90 Å². The highest BCUT2D eigenvalue weighted by atomic mass is 15.2. The van der Waals surface area contributed by atoms with E-state index in [0.717, 1.165) is 19.1 Å². The maximum absolute atomic E-state index is 3.55. The number of likely N-dealkylation sites (tertiary alicyclic amines) is 1. The van der Waals surface area contributed by atoms with Crippen molar-refractivity contribution in [2.24, 2.45) is 0 Å². The van der Waals surface area contributed by atoms with E-state index in [1.54, 1.807) is 0 Å². The topological polar surface area (TPSA) is 15.3 Å². The summed E-state index contributed by atoms with van der Waals surface area (Å²) in [5.74, 6) is 0. The molecular weight excluding hydrogens is 196 g/mol. The number of nitrogens with one attached hydrogen (secondary N) is 1. The molecule has 1 N–H and O–H groups in total. The van der Waals surface area contributed by atoms with E-state index in [1.165, 1.54) is 45.1 Å². The van der Waals surface area contributed by atoms with Crippen molar-refractivity contribution in [1.82, 2.24) is 10.2 Å². The summed E-state index contributed by atoms with van der Waals surface area (Å²) in [6.07, 6.45) is 8.22. The van der Waals surface area contributed by atoms with E-state index in [1.807, 2.05) is 0 Å². The normalized spacial score (nSPS) is 24.6. The van der Waals surface area contributed by atoms with Crippen LogP contribution in [0.1, 0.15) is 59.3 Å². The molecule has 2 atom stereocenters. The molecule has 2 heteroatoms. The van der Waals surface area contributed by atoms with Crippen LogP contribution in [0.25, 0.3) is 0 Å². The van der Waals surface area contributed by atoms with Crippen molar-refractivity contribution in [2.45, 2.75) is 71.4 Å². The first-order valence-electron chi connectivity index (χ1n) is 7.26. The highest BCUT2D eigenvalue weighted by molar-refractivity contribution is 4.81. The molecule has 0 saturated carbocycles. The fraction of sp³-hybridized carbons (Fsp3) is 1.00. The zero-order valence-electron chi connectivity index (χ0n) is 11.5. The van der Waals surface area contributed by atoms with Crippen molar-refractivity contribution >= 4 is 0 Å². The van der Waals surface area contributed by atoms with Crippen LogP contribution in [0.15, 0.2) is 0 Å². The van der Waals surface area contributed by atoms with Gasteiger partial charge in [0.1, 0.15) is 0 Å². The number of piperidine rings is 1. The molecule has 1 heterocycles. The zero-order chi connectivity index (χ0) is 11.8. The van der Waals surface area contributed by atoms with E-state index < -0.39 is 0 Å². The molecule has 2 nitrogen and oxygen atoms in total. The lowest BCUT2D eigenvalue weighted by atomic mass is 9.96. The van der Waals surface area contributed by atoms with Gasteiger partial charge in [-0.1, -0.05) is 26.7 Å². The molecular formula is C14H30N2. The predicted molar refractivity (Wildman–Crippen MR) is 71.9 cm³/mol. The van der Waals surface area contributed by atoms with Crippen molar-refractivity contribution in [3.63, 3.8) is 0 Å². The molecule has 96 valence electrons. The predicted octanol–water partition coefficient (Wildman–Crippen LogP) is 3.03. The van der Waals surface area contributed by atoms with Crippen molar-refractivity contribution in [2.75, 3.05) is 19.6 Å². The summed E-state index contributed by atoms with van der Waals surface area (Å²) in [7, 11) is 0. The van der Waals surface area contributed by atoms with Crippen LogP contribution >= 0.6 is 0 Å². The number of hydrogen-bond donors (Lipinski definition) is 1. The SMILES string of the molecule is CCCNCC(C)N1CCCCC1CCC. The summed E-state index contributed by atoms with van der Waals surface area (Å²) in [4.78, 5) is 2.75. The van der Waals surface area contributed by atoms with E-state index in [9.17, 15) is 0 Å². The van der Waals surface area contributed by atoms with Crippen LogP contribution in [-0.4, -0.2) is 36.6 Å². The lowest BCUT2D eigenvalue weighted by Gasteiger charge is -2.40. The molecule has 0 aromatic heterocycles. The smallest absolute Gasteiger partial charge is 0.0195 e. The van der Waals surface area contributed by atoms with Crippen molar-refractivity contribution in [3.8, 4) is 0 Å². The van der Waals surface area contributed by atoms with Gasteiger partial charge in [0.25, 0.3) is 0 Å². The molecule has 2 unspecified atom stereocenters. The Morgan fingerprint density at radius 2 is 2.06 bits per heavy atom. The van der Waals surface area contributed by atoms with Gasteiger partial charge in [-0.25, -0.2) is 0 Å². The largest absolute Gasteiger partial charge is 0.315 e. The summed E-state index contributed by atoms with van der Waals surface area (Å²) >= 11 is 0. The molecule has 16 heavy (non-hydrogen) atoms. The van der Waals surface area contributed by atoms with Gasteiger partial charge in [0.2, 0.25) is 0 Å². The summed E-state index contributed by atoms with van der Waals surface area (Å²) in [5.41, 5.74) is 0. The van der Waals surface area contributed by atoms with Gasteiger partial charge in [-0.05, 0) is 45.7 Å². The molecule has 0 amide bonds. The Balaban J connectivity index is 2.34. The maximum Gasteiger partial charge on any atom is 0.0195 e. The van der Waals surface area contributed by atoms with E-state index in [2.05, 4.69) is 31.0 Å². The highest BCUT2D eigenvalue weighted by Gasteiger charge is 2.25. The molecule has 0 aromatic carbocycles. The Bertz CT molecular complexity index is 168. The van der Waals surface area contributed by atoms with Gasteiger partial charge in [0, 0.05) is 18.6 Å². The Labute approximate surface area is 102 Å². The Kier molecular flexibility index (Phi) is 7.06. The van der Waals surface area contributed by atoms with Crippen LogP contribution in [0.2, 0.25) is 0 Å². The average molecular weight is 226 g/mol. The fourth-order valence-corrected chi connectivity index (χ4v) is 2.85. The van der Waals surface area contributed by atoms with Crippen molar-refractivity contribution < 1.29 is 0 Å². The van der Waals surface area contributed by atoms with Crippen LogP contribution in [0.3, 0.4) is 0 Å². The van der Waals surface area contributed by atoms with Crippen molar-refractivity contribution in [1.29, 1.82) is 0 Å². The average Bonchev–Trinajstić information content (AvgIpc) is 2.30. The molecule has 1 fully saturated rings. The number of nitrogens with zero attached hydrogens (tertiary/aromatic N) is 1. The van der Waals surface area contributed by atoms with E-state index in [-0.39, 0.29) is 0 Å². The third-order valence-electron chi connectivity index (χ3n) is 3.73. The van der Waals surface area contributed by atoms with Crippen LogP contribution in [0, 0.1) is 0 Å².